The van der Waals surface area contributed by atoms with Gasteiger partial charge in [-0.3, -0.25) is 4.79 Å². The summed E-state index contributed by atoms with van der Waals surface area (Å²) in [7, 11) is 0. The third-order valence-electron chi connectivity index (χ3n) is 5.86. The van der Waals surface area contributed by atoms with Crippen LogP contribution in [-0.4, -0.2) is 10.5 Å². The lowest BCUT2D eigenvalue weighted by atomic mass is 10.1. The van der Waals surface area contributed by atoms with E-state index < -0.39 is 0 Å². The largest absolute Gasteiger partial charge is 0.348 e. The predicted octanol–water partition coefficient (Wildman–Crippen LogP) is 5.68. The molecule has 1 heterocycles. The first kappa shape index (κ1) is 19.9. The lowest BCUT2D eigenvalue weighted by Crippen LogP contribution is -2.23. The van der Waals surface area contributed by atoms with Crippen LogP contribution in [0.4, 0.5) is 4.39 Å². The smallest absolute Gasteiger partial charge is 0.251 e. The van der Waals surface area contributed by atoms with Crippen molar-refractivity contribution in [1.29, 1.82) is 0 Å². The molecule has 1 amide bonds. The molecule has 0 saturated carbocycles. The van der Waals surface area contributed by atoms with E-state index in [0.29, 0.717) is 18.7 Å². The molecule has 0 saturated heterocycles. The SMILES string of the molecule is Cc1ccccc1CNC(=O)c1ccc2c(c1)c(C)c(C)n2Cc1ccc(F)cc1. The minimum atomic E-state index is -0.231. The van der Waals surface area contributed by atoms with Crippen LogP contribution >= 0.6 is 0 Å². The number of aromatic nitrogens is 1. The van der Waals surface area contributed by atoms with Gasteiger partial charge in [0, 0.05) is 35.2 Å². The number of nitrogens with one attached hydrogen (secondary N) is 1. The fourth-order valence-corrected chi connectivity index (χ4v) is 3.85. The van der Waals surface area contributed by atoms with Gasteiger partial charge in [-0.05, 0) is 73.4 Å². The first-order valence-electron chi connectivity index (χ1n) is 10.1. The van der Waals surface area contributed by atoms with E-state index in [1.54, 1.807) is 0 Å². The van der Waals surface area contributed by atoms with E-state index in [1.165, 1.54) is 12.1 Å². The fourth-order valence-electron chi connectivity index (χ4n) is 3.85. The zero-order valence-corrected chi connectivity index (χ0v) is 17.5. The molecule has 4 aromatic rings. The number of halogens is 1. The Morgan fingerprint density at radius 1 is 0.967 bits per heavy atom. The Balaban J connectivity index is 1.59. The Hall–Kier alpha value is -3.40. The lowest BCUT2D eigenvalue weighted by Gasteiger charge is -2.10. The Morgan fingerprint density at radius 2 is 1.70 bits per heavy atom. The van der Waals surface area contributed by atoms with E-state index in [-0.39, 0.29) is 11.7 Å². The van der Waals surface area contributed by atoms with E-state index >= 15 is 0 Å². The zero-order valence-electron chi connectivity index (χ0n) is 17.5. The van der Waals surface area contributed by atoms with E-state index in [0.717, 1.165) is 38.9 Å². The number of amides is 1. The van der Waals surface area contributed by atoms with Gasteiger partial charge in [0.25, 0.3) is 5.91 Å². The summed E-state index contributed by atoms with van der Waals surface area (Å²) in [5.41, 5.74) is 7.34. The van der Waals surface area contributed by atoms with Crippen molar-refractivity contribution in [3.05, 3.63) is 106 Å². The minimum absolute atomic E-state index is 0.0801. The highest BCUT2D eigenvalue weighted by Gasteiger charge is 2.14. The highest BCUT2D eigenvalue weighted by atomic mass is 19.1. The molecule has 152 valence electrons. The van der Waals surface area contributed by atoms with Crippen molar-refractivity contribution in [3.8, 4) is 0 Å². The van der Waals surface area contributed by atoms with Gasteiger partial charge in [0.15, 0.2) is 0 Å². The maximum absolute atomic E-state index is 13.2. The van der Waals surface area contributed by atoms with Crippen molar-refractivity contribution in [2.24, 2.45) is 0 Å². The quantitative estimate of drug-likeness (QED) is 0.459. The molecule has 0 unspecified atom stereocenters. The monoisotopic (exact) mass is 400 g/mol. The maximum atomic E-state index is 13.2. The third kappa shape index (κ3) is 3.86. The van der Waals surface area contributed by atoms with Crippen LogP contribution in [-0.2, 0) is 13.1 Å². The molecule has 3 nitrogen and oxygen atoms in total. The molecule has 4 rings (SSSR count). The average molecular weight is 400 g/mol. The summed E-state index contributed by atoms with van der Waals surface area (Å²) in [6, 6.07) is 20.5. The van der Waals surface area contributed by atoms with Crippen LogP contribution in [0.5, 0.6) is 0 Å². The van der Waals surface area contributed by atoms with Gasteiger partial charge >= 0.3 is 0 Å². The summed E-state index contributed by atoms with van der Waals surface area (Å²) in [5.74, 6) is -0.311. The van der Waals surface area contributed by atoms with Crippen LogP contribution in [0.2, 0.25) is 0 Å². The first-order chi connectivity index (χ1) is 14.4. The second kappa shape index (κ2) is 8.15. The molecule has 1 N–H and O–H groups in total. The second-order valence-electron chi connectivity index (χ2n) is 7.76. The molecule has 0 radical (unpaired) electrons. The molecular weight excluding hydrogens is 375 g/mol. The van der Waals surface area contributed by atoms with E-state index in [4.69, 9.17) is 0 Å². The van der Waals surface area contributed by atoms with Crippen molar-refractivity contribution in [2.75, 3.05) is 0 Å². The summed E-state index contributed by atoms with van der Waals surface area (Å²) in [4.78, 5) is 12.7. The number of benzene rings is 3. The molecule has 0 bridgehead atoms. The Kier molecular flexibility index (Phi) is 5.40. The van der Waals surface area contributed by atoms with Crippen LogP contribution < -0.4 is 5.32 Å². The second-order valence-corrected chi connectivity index (χ2v) is 7.76. The molecule has 0 aliphatic carbocycles. The zero-order chi connectivity index (χ0) is 21.3. The number of fused-ring (bicyclic) bond motifs is 1. The molecule has 0 spiro atoms. The molecule has 0 aliphatic heterocycles. The van der Waals surface area contributed by atoms with E-state index in [2.05, 4.69) is 23.7 Å². The number of hydrogen-bond acceptors (Lipinski definition) is 1. The number of aryl methyl sites for hydroxylation is 2. The van der Waals surface area contributed by atoms with Gasteiger partial charge in [-0.25, -0.2) is 4.39 Å². The summed E-state index contributed by atoms with van der Waals surface area (Å²) >= 11 is 0. The van der Waals surface area contributed by atoms with Gasteiger partial charge in [0.2, 0.25) is 0 Å². The number of rotatable bonds is 5. The van der Waals surface area contributed by atoms with Gasteiger partial charge < -0.3 is 9.88 Å². The van der Waals surface area contributed by atoms with E-state index in [9.17, 15) is 9.18 Å². The van der Waals surface area contributed by atoms with Crippen LogP contribution in [0.25, 0.3) is 10.9 Å². The molecule has 0 atom stereocenters. The highest BCUT2D eigenvalue weighted by molar-refractivity contribution is 5.99. The van der Waals surface area contributed by atoms with Crippen LogP contribution in [0.3, 0.4) is 0 Å². The van der Waals surface area contributed by atoms with E-state index in [1.807, 2.05) is 61.5 Å². The fraction of sp³-hybridized carbons (Fsp3) is 0.192. The summed E-state index contributed by atoms with van der Waals surface area (Å²) in [5, 5.41) is 4.09. The van der Waals surface area contributed by atoms with Gasteiger partial charge in [0.1, 0.15) is 5.82 Å². The predicted molar refractivity (Wildman–Crippen MR) is 119 cm³/mol. The van der Waals surface area contributed by atoms with Gasteiger partial charge in [-0.2, -0.15) is 0 Å². The van der Waals surface area contributed by atoms with Crippen LogP contribution in [0, 0.1) is 26.6 Å². The minimum Gasteiger partial charge on any atom is -0.348 e. The number of carbonyl (C=O) groups is 1. The van der Waals surface area contributed by atoms with Gasteiger partial charge in [-0.15, -0.1) is 0 Å². The van der Waals surface area contributed by atoms with Gasteiger partial charge in [0.05, 0.1) is 0 Å². The molecule has 0 aliphatic rings. The average Bonchev–Trinajstić information content (AvgIpc) is 2.99. The first-order valence-corrected chi connectivity index (χ1v) is 10.1. The molecule has 30 heavy (non-hydrogen) atoms. The van der Waals surface area contributed by atoms with Crippen LogP contribution in [0.1, 0.15) is 38.3 Å². The van der Waals surface area contributed by atoms with Crippen molar-refractivity contribution in [3.63, 3.8) is 0 Å². The maximum Gasteiger partial charge on any atom is 0.251 e. The lowest BCUT2D eigenvalue weighted by molar-refractivity contribution is 0.0951. The standard InChI is InChI=1S/C26H25FN2O/c1-17-6-4-5-7-22(17)15-28-26(30)21-10-13-25-24(14-21)18(2)19(3)29(25)16-20-8-11-23(27)12-9-20/h4-14H,15-16H2,1-3H3,(H,28,30). The number of hydrogen-bond donors (Lipinski definition) is 1. The molecule has 0 fully saturated rings. The summed E-state index contributed by atoms with van der Waals surface area (Å²) in [6.07, 6.45) is 0. The Bertz CT molecular complexity index is 1220. The van der Waals surface area contributed by atoms with Crippen molar-refractivity contribution in [1.82, 2.24) is 9.88 Å². The Morgan fingerprint density at radius 3 is 2.43 bits per heavy atom. The Labute approximate surface area is 176 Å². The number of carbonyl (C=O) groups excluding carboxylic acids is 1. The van der Waals surface area contributed by atoms with Crippen LogP contribution in [0.15, 0.2) is 66.7 Å². The molecule has 4 heteroatoms. The summed E-state index contributed by atoms with van der Waals surface area (Å²) in [6.45, 7) is 7.37. The normalized spacial score (nSPS) is 11.1. The third-order valence-corrected chi connectivity index (χ3v) is 5.86. The molecule has 3 aromatic carbocycles. The molecule has 1 aromatic heterocycles. The topological polar surface area (TPSA) is 34.0 Å². The van der Waals surface area contributed by atoms with Gasteiger partial charge in [-0.1, -0.05) is 36.4 Å². The highest BCUT2D eigenvalue weighted by Crippen LogP contribution is 2.27. The summed E-state index contributed by atoms with van der Waals surface area (Å²) < 4.78 is 15.4. The molecular formula is C26H25FN2O. The van der Waals surface area contributed by atoms with Crippen molar-refractivity contribution >= 4 is 16.8 Å². The number of nitrogens with zero attached hydrogens (tertiary/aromatic N) is 1. The van der Waals surface area contributed by atoms with Crippen molar-refractivity contribution < 1.29 is 9.18 Å². The van der Waals surface area contributed by atoms with Crippen molar-refractivity contribution in [2.45, 2.75) is 33.9 Å².